The Hall–Kier alpha value is 0.220. The van der Waals surface area contributed by atoms with Crippen molar-refractivity contribution >= 4 is 65.5 Å². The first kappa shape index (κ1) is 16.3. The highest BCUT2D eigenvalue weighted by molar-refractivity contribution is 9.11. The van der Waals surface area contributed by atoms with Crippen molar-refractivity contribution in [3.63, 3.8) is 0 Å². The highest BCUT2D eigenvalue weighted by atomic mass is 79.9. The van der Waals surface area contributed by atoms with Crippen LogP contribution in [0.25, 0.3) is 0 Å². The van der Waals surface area contributed by atoms with Gasteiger partial charge in [-0.15, -0.1) is 0 Å². The summed E-state index contributed by atoms with van der Waals surface area (Å²) >= 11 is 11.6. The van der Waals surface area contributed by atoms with Crippen molar-refractivity contribution in [1.29, 1.82) is 0 Å². The molecule has 0 aliphatic heterocycles. The summed E-state index contributed by atoms with van der Waals surface area (Å²) in [6, 6.07) is 3.82. The molecule has 0 N–H and O–H groups in total. The van der Waals surface area contributed by atoms with Crippen molar-refractivity contribution in [3.8, 4) is 0 Å². The first-order valence-electron chi connectivity index (χ1n) is 5.03. The minimum absolute atomic E-state index is 0.147. The number of halogens is 3. The van der Waals surface area contributed by atoms with Gasteiger partial charge < -0.3 is 4.74 Å². The number of esters is 1. The van der Waals surface area contributed by atoms with Crippen LogP contribution in [-0.4, -0.2) is 12.1 Å². The third kappa shape index (κ3) is 4.72. The topological polar surface area (TPSA) is 26.3 Å². The minimum Gasteiger partial charge on any atom is -0.459 e. The van der Waals surface area contributed by atoms with E-state index in [2.05, 4.69) is 54.4 Å². The van der Waals surface area contributed by atoms with Crippen LogP contribution in [0.5, 0.6) is 0 Å². The second-order valence-electron chi connectivity index (χ2n) is 3.68. The van der Waals surface area contributed by atoms with Crippen LogP contribution in [-0.2, 0) is 9.53 Å². The van der Waals surface area contributed by atoms with Crippen LogP contribution in [0.15, 0.2) is 41.9 Å². The number of benzene rings is 1. The van der Waals surface area contributed by atoms with Gasteiger partial charge >= 0.3 is 5.97 Å². The summed E-state index contributed by atoms with van der Waals surface area (Å²) in [6.45, 7) is 7.36. The molecule has 0 saturated heterocycles. The Morgan fingerprint density at radius 1 is 1.28 bits per heavy atom. The van der Waals surface area contributed by atoms with Gasteiger partial charge in [-0.1, -0.05) is 34.3 Å². The first-order chi connectivity index (χ1) is 8.31. The van der Waals surface area contributed by atoms with E-state index in [9.17, 15) is 4.79 Å². The zero-order valence-electron chi connectivity index (χ0n) is 9.80. The molecule has 1 rings (SSSR count). The predicted octanol–water partition coefficient (Wildman–Crippen LogP) is 5.53. The lowest BCUT2D eigenvalue weighted by molar-refractivity contribution is -0.141. The maximum Gasteiger partial charge on any atom is 0.344 e. The molecule has 0 spiro atoms. The molecule has 0 aliphatic rings. The van der Waals surface area contributed by atoms with Gasteiger partial charge in [-0.25, -0.2) is 4.79 Å². The van der Waals surface area contributed by atoms with Crippen LogP contribution in [0.4, 0.5) is 0 Å². The Labute approximate surface area is 136 Å². The van der Waals surface area contributed by atoms with Crippen LogP contribution in [0.2, 0.25) is 0 Å². The van der Waals surface area contributed by atoms with Crippen LogP contribution < -0.4 is 0 Å². The van der Waals surface area contributed by atoms with E-state index in [0.717, 1.165) is 18.3 Å². The zero-order valence-corrected chi connectivity index (χ0v) is 15.4. The van der Waals surface area contributed by atoms with Crippen LogP contribution >= 0.6 is 59.6 Å². The van der Waals surface area contributed by atoms with E-state index < -0.39 is 5.97 Å². The fraction of sp³-hybridized carbons (Fsp3) is 0.250. The van der Waals surface area contributed by atoms with Gasteiger partial charge in [0.1, 0.15) is 0 Å². The molecule has 98 valence electrons. The van der Waals surface area contributed by atoms with Crippen molar-refractivity contribution in [2.45, 2.75) is 24.8 Å². The highest BCUT2D eigenvalue weighted by Crippen LogP contribution is 2.40. The van der Waals surface area contributed by atoms with E-state index in [1.54, 1.807) is 13.8 Å². The summed E-state index contributed by atoms with van der Waals surface area (Å²) < 4.78 is 7.80. The second-order valence-corrected chi connectivity index (χ2v) is 7.41. The number of hydrogen-bond donors (Lipinski definition) is 0. The number of carbonyl (C=O) groups excluding carboxylic acids is 1. The standard InChI is InChI=1S/C12H11Br3O2S/c1-6(2)17-12(16)7(3)18-11-9(14)4-8(13)5-10(11)15/h4-6H,3H2,1-2H3. The largest absolute Gasteiger partial charge is 0.459 e. The molecule has 0 bridgehead atoms. The Kier molecular flexibility index (Phi) is 6.44. The van der Waals surface area contributed by atoms with E-state index in [-0.39, 0.29) is 6.10 Å². The van der Waals surface area contributed by atoms with Crippen LogP contribution in [0, 0.1) is 0 Å². The number of thioether (sulfide) groups is 1. The molecule has 0 radical (unpaired) electrons. The molecular formula is C12H11Br3O2S. The molecule has 1 aromatic carbocycles. The summed E-state index contributed by atoms with van der Waals surface area (Å²) in [4.78, 5) is 12.9. The van der Waals surface area contributed by atoms with Gasteiger partial charge in [0.25, 0.3) is 0 Å². The maximum atomic E-state index is 11.7. The molecule has 18 heavy (non-hydrogen) atoms. The lowest BCUT2D eigenvalue weighted by Gasteiger charge is -2.11. The second kappa shape index (κ2) is 7.12. The summed E-state index contributed by atoms with van der Waals surface area (Å²) in [6.07, 6.45) is -0.147. The average molecular weight is 459 g/mol. The van der Waals surface area contributed by atoms with Crippen LogP contribution in [0.1, 0.15) is 13.8 Å². The molecule has 0 aliphatic carbocycles. The number of hydrogen-bond acceptors (Lipinski definition) is 3. The summed E-state index contributed by atoms with van der Waals surface area (Å²) in [5, 5.41) is 0. The lowest BCUT2D eigenvalue weighted by Crippen LogP contribution is -2.11. The molecule has 0 unspecified atom stereocenters. The Morgan fingerprint density at radius 2 is 1.78 bits per heavy atom. The van der Waals surface area contributed by atoms with E-state index >= 15 is 0 Å². The van der Waals surface area contributed by atoms with Crippen molar-refractivity contribution in [1.82, 2.24) is 0 Å². The van der Waals surface area contributed by atoms with E-state index in [0.29, 0.717) is 4.91 Å². The molecule has 6 heteroatoms. The predicted molar refractivity (Wildman–Crippen MR) is 85.8 cm³/mol. The van der Waals surface area contributed by atoms with Gasteiger partial charge in [0, 0.05) is 18.3 Å². The quantitative estimate of drug-likeness (QED) is 0.337. The average Bonchev–Trinajstić information content (AvgIpc) is 2.21. The molecule has 0 aromatic heterocycles. The lowest BCUT2D eigenvalue weighted by atomic mass is 10.4. The number of carbonyl (C=O) groups is 1. The summed E-state index contributed by atoms with van der Waals surface area (Å²) in [5.41, 5.74) is 0. The maximum absolute atomic E-state index is 11.7. The summed E-state index contributed by atoms with van der Waals surface area (Å²) in [5.74, 6) is -0.392. The zero-order chi connectivity index (χ0) is 13.9. The van der Waals surface area contributed by atoms with Gasteiger partial charge in [0.15, 0.2) is 0 Å². The molecule has 0 amide bonds. The van der Waals surface area contributed by atoms with E-state index in [1.807, 2.05) is 12.1 Å². The molecule has 0 saturated carbocycles. The van der Waals surface area contributed by atoms with Crippen molar-refractivity contribution in [2.75, 3.05) is 0 Å². The van der Waals surface area contributed by atoms with Crippen molar-refractivity contribution < 1.29 is 9.53 Å². The number of rotatable bonds is 4. The van der Waals surface area contributed by atoms with Crippen molar-refractivity contribution in [3.05, 3.63) is 37.0 Å². The smallest absolute Gasteiger partial charge is 0.344 e. The van der Waals surface area contributed by atoms with Gasteiger partial charge in [0.05, 0.1) is 11.0 Å². The van der Waals surface area contributed by atoms with Crippen molar-refractivity contribution in [2.24, 2.45) is 0 Å². The Balaban J connectivity index is 2.86. The molecular weight excluding hydrogens is 448 g/mol. The molecule has 0 atom stereocenters. The molecule has 1 aromatic rings. The van der Waals surface area contributed by atoms with E-state index in [1.165, 1.54) is 11.8 Å². The Bertz CT molecular complexity index is 463. The van der Waals surface area contributed by atoms with Gasteiger partial charge in [0.2, 0.25) is 0 Å². The highest BCUT2D eigenvalue weighted by Gasteiger charge is 2.16. The fourth-order valence-corrected chi connectivity index (χ4v) is 4.51. The number of ether oxygens (including phenoxy) is 1. The minimum atomic E-state index is -0.392. The third-order valence-corrected chi connectivity index (χ3v) is 5.05. The first-order valence-corrected chi connectivity index (χ1v) is 8.23. The summed E-state index contributed by atoms with van der Waals surface area (Å²) in [7, 11) is 0. The molecule has 0 heterocycles. The monoisotopic (exact) mass is 456 g/mol. The van der Waals surface area contributed by atoms with Gasteiger partial charge in [-0.3, -0.25) is 0 Å². The SMILES string of the molecule is C=C(Sc1c(Br)cc(Br)cc1Br)C(=O)OC(C)C. The van der Waals surface area contributed by atoms with Crippen LogP contribution in [0.3, 0.4) is 0 Å². The normalized spacial score (nSPS) is 10.6. The van der Waals surface area contributed by atoms with Gasteiger partial charge in [-0.05, 0) is 57.8 Å². The molecule has 0 fully saturated rings. The fourth-order valence-electron chi connectivity index (χ4n) is 1.07. The third-order valence-electron chi connectivity index (χ3n) is 1.76. The Morgan fingerprint density at radius 3 is 2.22 bits per heavy atom. The molecule has 2 nitrogen and oxygen atoms in total. The van der Waals surface area contributed by atoms with Gasteiger partial charge in [-0.2, -0.15) is 0 Å². The van der Waals surface area contributed by atoms with E-state index in [4.69, 9.17) is 4.74 Å².